The fourth-order valence-corrected chi connectivity index (χ4v) is 3.03. The Morgan fingerprint density at radius 3 is 2.43 bits per heavy atom. The van der Waals surface area contributed by atoms with E-state index in [9.17, 15) is 4.79 Å². The summed E-state index contributed by atoms with van der Waals surface area (Å²) in [4.78, 5) is 21.4. The highest BCUT2D eigenvalue weighted by molar-refractivity contribution is 6.04. The van der Waals surface area contributed by atoms with Crippen LogP contribution in [0, 0.1) is 5.41 Å². The molecule has 1 amide bonds. The molecule has 0 atom stereocenters. The second-order valence-corrected chi connectivity index (χ2v) is 6.85. The van der Waals surface area contributed by atoms with Crippen LogP contribution in [0.1, 0.15) is 28.9 Å². The van der Waals surface area contributed by atoms with E-state index in [1.54, 1.807) is 24.7 Å². The highest BCUT2D eigenvalue weighted by atomic mass is 16.5. The Morgan fingerprint density at radius 2 is 1.73 bits per heavy atom. The topological polar surface area (TPSA) is 94.1 Å². The molecule has 0 saturated carbocycles. The number of benzene rings is 2. The molecule has 0 saturated heterocycles. The lowest BCUT2D eigenvalue weighted by atomic mass is 10.2. The predicted molar refractivity (Wildman–Crippen MR) is 117 cm³/mol. The number of guanidine groups is 1. The molecule has 7 heteroatoms. The fraction of sp³-hybridized carbons (Fsp3) is 0.261. The quantitative estimate of drug-likeness (QED) is 0.273. The van der Waals surface area contributed by atoms with Gasteiger partial charge in [-0.05, 0) is 43.5 Å². The van der Waals surface area contributed by atoms with Crippen LogP contribution in [0.25, 0.3) is 0 Å². The Morgan fingerprint density at radius 1 is 1.03 bits per heavy atom. The van der Waals surface area contributed by atoms with E-state index in [1.165, 1.54) is 0 Å². The molecule has 0 fully saturated rings. The zero-order chi connectivity index (χ0) is 21.0. The minimum absolute atomic E-state index is 0.105. The monoisotopic (exact) mass is 405 g/mol. The van der Waals surface area contributed by atoms with Crippen LogP contribution in [-0.2, 0) is 6.42 Å². The lowest BCUT2D eigenvalue weighted by Crippen LogP contribution is -2.44. The molecule has 156 valence electrons. The van der Waals surface area contributed by atoms with Gasteiger partial charge in [-0.1, -0.05) is 36.4 Å². The molecule has 0 radical (unpaired) electrons. The van der Waals surface area contributed by atoms with E-state index in [0.717, 1.165) is 30.7 Å². The standard InChI is InChI=1S/C23H27N5O2/c24-23(27-22(29)19-9-3-1-4-10-19)28(14-7-11-20-17-25-18-26-20)15-8-16-30-21-12-5-2-6-13-21/h1-6,9-10,12-13,17-18H,7-8,11,14-16H2,(H,25,26)(H2,24,27,29). The van der Waals surface area contributed by atoms with Gasteiger partial charge in [0.25, 0.3) is 5.91 Å². The van der Waals surface area contributed by atoms with Gasteiger partial charge in [-0.15, -0.1) is 0 Å². The number of H-pyrrole nitrogens is 1. The van der Waals surface area contributed by atoms with Crippen molar-refractivity contribution in [3.05, 3.63) is 84.4 Å². The Balaban J connectivity index is 1.51. The first-order valence-electron chi connectivity index (χ1n) is 10.1. The first-order valence-corrected chi connectivity index (χ1v) is 10.1. The number of rotatable bonds is 10. The number of hydrogen-bond acceptors (Lipinski definition) is 4. The summed E-state index contributed by atoms with van der Waals surface area (Å²) in [6.45, 7) is 1.81. The number of aryl methyl sites for hydroxylation is 1. The molecule has 0 bridgehead atoms. The molecule has 0 unspecified atom stereocenters. The molecule has 0 aliphatic heterocycles. The van der Waals surface area contributed by atoms with Crippen molar-refractivity contribution < 1.29 is 9.53 Å². The third-order valence-electron chi connectivity index (χ3n) is 4.60. The van der Waals surface area contributed by atoms with Crippen LogP contribution in [0.15, 0.2) is 73.2 Å². The normalized spacial score (nSPS) is 10.4. The average molecular weight is 406 g/mol. The Bertz CT molecular complexity index is 898. The number of carbonyl (C=O) groups excluding carboxylic acids is 1. The number of aromatic nitrogens is 2. The largest absolute Gasteiger partial charge is 0.494 e. The number of carbonyl (C=O) groups is 1. The summed E-state index contributed by atoms with van der Waals surface area (Å²) < 4.78 is 5.75. The molecule has 3 rings (SSSR count). The van der Waals surface area contributed by atoms with Crippen molar-refractivity contribution in [1.82, 2.24) is 20.2 Å². The molecule has 1 aromatic heterocycles. The molecule has 3 N–H and O–H groups in total. The molecule has 0 aliphatic carbocycles. The van der Waals surface area contributed by atoms with Crippen molar-refractivity contribution in [1.29, 1.82) is 5.41 Å². The Hall–Kier alpha value is -3.61. The Labute approximate surface area is 176 Å². The van der Waals surface area contributed by atoms with Crippen molar-refractivity contribution >= 4 is 11.9 Å². The maximum Gasteiger partial charge on any atom is 0.257 e. The average Bonchev–Trinajstić information content (AvgIpc) is 3.30. The summed E-state index contributed by atoms with van der Waals surface area (Å²) in [5.41, 5.74) is 1.59. The van der Waals surface area contributed by atoms with Crippen LogP contribution in [0.3, 0.4) is 0 Å². The van der Waals surface area contributed by atoms with Crippen LogP contribution >= 0.6 is 0 Å². The predicted octanol–water partition coefficient (Wildman–Crippen LogP) is 3.48. The van der Waals surface area contributed by atoms with Crippen LogP contribution in [0.4, 0.5) is 0 Å². The minimum atomic E-state index is -0.278. The SMILES string of the molecule is N=C(NC(=O)c1ccccc1)N(CCCOc1ccccc1)CCCc1cnc[nH]1. The number of amides is 1. The number of para-hydroxylation sites is 1. The van der Waals surface area contributed by atoms with Gasteiger partial charge in [0.15, 0.2) is 5.96 Å². The molecule has 0 aliphatic rings. The molecule has 1 heterocycles. The van der Waals surface area contributed by atoms with E-state index >= 15 is 0 Å². The molecule has 3 aromatic rings. The van der Waals surface area contributed by atoms with Crippen LogP contribution in [-0.4, -0.2) is 46.4 Å². The Kier molecular flexibility index (Phi) is 8.02. The van der Waals surface area contributed by atoms with E-state index in [2.05, 4.69) is 15.3 Å². The number of aromatic amines is 1. The van der Waals surface area contributed by atoms with Crippen LogP contribution < -0.4 is 10.1 Å². The van der Waals surface area contributed by atoms with Crippen molar-refractivity contribution in [3.8, 4) is 5.75 Å². The number of ether oxygens (including phenoxy) is 1. The van der Waals surface area contributed by atoms with E-state index < -0.39 is 0 Å². The highest BCUT2D eigenvalue weighted by Gasteiger charge is 2.14. The summed E-state index contributed by atoms with van der Waals surface area (Å²) in [5, 5.41) is 11.1. The van der Waals surface area contributed by atoms with Gasteiger partial charge in [-0.2, -0.15) is 0 Å². The van der Waals surface area contributed by atoms with E-state index in [-0.39, 0.29) is 11.9 Å². The van der Waals surface area contributed by atoms with Gasteiger partial charge >= 0.3 is 0 Å². The maximum atomic E-state index is 12.4. The third kappa shape index (κ3) is 6.77. The summed E-state index contributed by atoms with van der Waals surface area (Å²) in [5.74, 6) is 0.656. The first-order chi connectivity index (χ1) is 14.7. The molecule has 30 heavy (non-hydrogen) atoms. The van der Waals surface area contributed by atoms with Crippen LogP contribution in [0.2, 0.25) is 0 Å². The van der Waals surface area contributed by atoms with Crippen molar-refractivity contribution in [2.24, 2.45) is 0 Å². The van der Waals surface area contributed by atoms with Gasteiger partial charge < -0.3 is 14.6 Å². The summed E-state index contributed by atoms with van der Waals surface area (Å²) in [6.07, 6.45) is 5.88. The summed E-state index contributed by atoms with van der Waals surface area (Å²) in [6, 6.07) is 18.6. The number of hydrogen-bond donors (Lipinski definition) is 3. The van der Waals surface area contributed by atoms with Gasteiger partial charge in [-0.3, -0.25) is 15.5 Å². The van der Waals surface area contributed by atoms with Crippen molar-refractivity contribution in [2.45, 2.75) is 19.3 Å². The minimum Gasteiger partial charge on any atom is -0.494 e. The molecular formula is C23H27N5O2. The van der Waals surface area contributed by atoms with Crippen molar-refractivity contribution in [3.63, 3.8) is 0 Å². The van der Waals surface area contributed by atoms with Gasteiger partial charge in [0.1, 0.15) is 5.75 Å². The zero-order valence-electron chi connectivity index (χ0n) is 16.9. The summed E-state index contributed by atoms with van der Waals surface area (Å²) >= 11 is 0. The van der Waals surface area contributed by atoms with E-state index in [0.29, 0.717) is 25.3 Å². The lowest BCUT2D eigenvalue weighted by Gasteiger charge is -2.25. The summed E-state index contributed by atoms with van der Waals surface area (Å²) in [7, 11) is 0. The second kappa shape index (κ2) is 11.4. The lowest BCUT2D eigenvalue weighted by molar-refractivity contribution is 0.0971. The van der Waals surface area contributed by atoms with Gasteiger partial charge in [0.2, 0.25) is 0 Å². The second-order valence-electron chi connectivity index (χ2n) is 6.85. The van der Waals surface area contributed by atoms with Crippen LogP contribution in [0.5, 0.6) is 5.75 Å². The molecule has 0 spiro atoms. The third-order valence-corrected chi connectivity index (χ3v) is 4.60. The van der Waals surface area contributed by atoms with Gasteiger partial charge in [0, 0.05) is 30.5 Å². The smallest absolute Gasteiger partial charge is 0.257 e. The van der Waals surface area contributed by atoms with E-state index in [1.807, 2.05) is 53.4 Å². The molecule has 2 aromatic carbocycles. The number of nitrogens with zero attached hydrogens (tertiary/aromatic N) is 2. The molecular weight excluding hydrogens is 378 g/mol. The van der Waals surface area contributed by atoms with Gasteiger partial charge in [0.05, 0.1) is 12.9 Å². The zero-order valence-corrected chi connectivity index (χ0v) is 16.9. The fourth-order valence-electron chi connectivity index (χ4n) is 3.03. The molecule has 7 nitrogen and oxygen atoms in total. The maximum absolute atomic E-state index is 12.4. The first kappa shape index (κ1) is 21.1. The van der Waals surface area contributed by atoms with Gasteiger partial charge in [-0.25, -0.2) is 4.98 Å². The number of imidazole rings is 1. The van der Waals surface area contributed by atoms with E-state index in [4.69, 9.17) is 10.1 Å². The number of nitrogens with one attached hydrogen (secondary N) is 3. The van der Waals surface area contributed by atoms with Crippen molar-refractivity contribution in [2.75, 3.05) is 19.7 Å². The highest BCUT2D eigenvalue weighted by Crippen LogP contribution is 2.09.